The minimum atomic E-state index is -4.42. The van der Waals surface area contributed by atoms with E-state index in [0.717, 1.165) is 17.7 Å². The molecule has 0 spiro atoms. The Balaban J connectivity index is 1.66. The van der Waals surface area contributed by atoms with Crippen molar-refractivity contribution in [2.45, 2.75) is 18.6 Å². The van der Waals surface area contributed by atoms with Crippen molar-refractivity contribution in [3.05, 3.63) is 64.7 Å². The first kappa shape index (κ1) is 20.2. The summed E-state index contributed by atoms with van der Waals surface area (Å²) in [4.78, 5) is 12.2. The Kier molecular flexibility index (Phi) is 5.36. The number of halogens is 4. The Hall–Kier alpha value is -2.58. The minimum absolute atomic E-state index is 0.0785. The molecule has 0 saturated carbocycles. The highest BCUT2D eigenvalue weighted by atomic mass is 35.5. The standard InChI is InChI=1S/C19H18ClF3N4O/c1-18(24)11-27(26-17(18)12-2-6-14(20)7-3-12)10-16(28)25-15-8-4-13(5-9-15)19(21,22)23/h2-9H,10-11,24H2,1H3,(H,25,28). The molecule has 1 atom stereocenters. The Bertz CT molecular complexity index is 893. The predicted octanol–water partition coefficient (Wildman–Crippen LogP) is 3.73. The van der Waals surface area contributed by atoms with Gasteiger partial charge >= 0.3 is 6.18 Å². The maximum Gasteiger partial charge on any atom is 0.416 e. The first-order valence-corrected chi connectivity index (χ1v) is 8.78. The second kappa shape index (κ2) is 7.44. The molecule has 1 aliphatic heterocycles. The van der Waals surface area contributed by atoms with Gasteiger partial charge in [-0.15, -0.1) is 0 Å². The zero-order valence-corrected chi connectivity index (χ0v) is 15.7. The third-order valence-corrected chi connectivity index (χ3v) is 4.49. The van der Waals surface area contributed by atoms with Gasteiger partial charge in [-0.25, -0.2) is 0 Å². The van der Waals surface area contributed by atoms with Crippen LogP contribution in [0.5, 0.6) is 0 Å². The second-order valence-corrected chi connectivity index (χ2v) is 7.26. The molecule has 3 rings (SSSR count). The maximum atomic E-state index is 12.6. The molecular formula is C19H18ClF3N4O. The van der Waals surface area contributed by atoms with Gasteiger partial charge in [0, 0.05) is 10.7 Å². The molecule has 1 unspecified atom stereocenters. The van der Waals surface area contributed by atoms with Gasteiger partial charge in [-0.2, -0.15) is 18.3 Å². The lowest BCUT2D eigenvalue weighted by atomic mass is 9.92. The molecule has 0 aliphatic carbocycles. The minimum Gasteiger partial charge on any atom is -0.324 e. The molecule has 0 radical (unpaired) electrons. The van der Waals surface area contributed by atoms with Gasteiger partial charge in [-0.3, -0.25) is 9.80 Å². The van der Waals surface area contributed by atoms with Crippen molar-refractivity contribution in [3.8, 4) is 0 Å². The van der Waals surface area contributed by atoms with Crippen LogP contribution in [0.4, 0.5) is 18.9 Å². The first-order chi connectivity index (χ1) is 13.0. The molecule has 2 aromatic carbocycles. The van der Waals surface area contributed by atoms with E-state index < -0.39 is 23.2 Å². The average molecular weight is 411 g/mol. The van der Waals surface area contributed by atoms with Gasteiger partial charge in [0.1, 0.15) is 6.54 Å². The lowest BCUT2D eigenvalue weighted by Crippen LogP contribution is -2.48. The molecule has 148 valence electrons. The van der Waals surface area contributed by atoms with E-state index in [9.17, 15) is 18.0 Å². The molecule has 1 aliphatic rings. The molecule has 28 heavy (non-hydrogen) atoms. The van der Waals surface area contributed by atoms with Crippen LogP contribution in [0.3, 0.4) is 0 Å². The number of nitrogens with zero attached hydrogens (tertiary/aromatic N) is 2. The van der Waals surface area contributed by atoms with Crippen molar-refractivity contribution in [2.75, 3.05) is 18.4 Å². The van der Waals surface area contributed by atoms with Gasteiger partial charge in [-0.05, 0) is 48.9 Å². The van der Waals surface area contributed by atoms with Crippen LogP contribution < -0.4 is 11.1 Å². The van der Waals surface area contributed by atoms with Crippen molar-refractivity contribution in [1.29, 1.82) is 0 Å². The number of carbonyl (C=O) groups is 1. The van der Waals surface area contributed by atoms with Crippen molar-refractivity contribution in [1.82, 2.24) is 5.01 Å². The molecule has 1 heterocycles. The van der Waals surface area contributed by atoms with Gasteiger partial charge in [0.2, 0.25) is 5.91 Å². The molecule has 2 aromatic rings. The molecule has 0 bridgehead atoms. The van der Waals surface area contributed by atoms with Crippen molar-refractivity contribution < 1.29 is 18.0 Å². The lowest BCUT2D eigenvalue weighted by molar-refractivity contribution is -0.137. The fraction of sp³-hybridized carbons (Fsp3) is 0.263. The number of hydrogen-bond acceptors (Lipinski definition) is 4. The quantitative estimate of drug-likeness (QED) is 0.806. The molecule has 3 N–H and O–H groups in total. The molecule has 0 fully saturated rings. The van der Waals surface area contributed by atoms with Crippen LogP contribution in [0.15, 0.2) is 53.6 Å². The Morgan fingerprint density at radius 1 is 1.21 bits per heavy atom. The van der Waals surface area contributed by atoms with E-state index in [1.165, 1.54) is 17.1 Å². The van der Waals surface area contributed by atoms with E-state index in [1.54, 1.807) is 24.3 Å². The molecule has 5 nitrogen and oxygen atoms in total. The number of nitrogens with two attached hydrogens (primary N) is 1. The molecule has 0 saturated heterocycles. The summed E-state index contributed by atoms with van der Waals surface area (Å²) >= 11 is 5.90. The lowest BCUT2D eigenvalue weighted by Gasteiger charge is -2.21. The van der Waals surface area contributed by atoms with Crippen LogP contribution in [0, 0.1) is 0 Å². The molecule has 1 amide bonds. The molecule has 9 heteroatoms. The summed E-state index contributed by atoms with van der Waals surface area (Å²) in [6, 6.07) is 11.3. The first-order valence-electron chi connectivity index (χ1n) is 8.40. The summed E-state index contributed by atoms with van der Waals surface area (Å²) in [6.07, 6.45) is -4.42. The summed E-state index contributed by atoms with van der Waals surface area (Å²) < 4.78 is 37.8. The van der Waals surface area contributed by atoms with Gasteiger partial charge in [0.05, 0.1) is 23.4 Å². The zero-order valence-electron chi connectivity index (χ0n) is 14.9. The highest BCUT2D eigenvalue weighted by molar-refractivity contribution is 6.30. The fourth-order valence-electron chi connectivity index (χ4n) is 2.94. The number of carbonyl (C=O) groups excluding carboxylic acids is 1. The molecule has 0 aromatic heterocycles. The smallest absolute Gasteiger partial charge is 0.324 e. The average Bonchev–Trinajstić information content (AvgIpc) is 2.89. The second-order valence-electron chi connectivity index (χ2n) is 6.82. The van der Waals surface area contributed by atoms with E-state index in [1.807, 2.05) is 6.92 Å². The van der Waals surface area contributed by atoms with Crippen molar-refractivity contribution >= 4 is 28.9 Å². The monoisotopic (exact) mass is 410 g/mol. The van der Waals surface area contributed by atoms with Crippen LogP contribution in [0.25, 0.3) is 0 Å². The number of hydrazone groups is 1. The number of anilines is 1. The molecular weight excluding hydrogens is 393 g/mol. The van der Waals surface area contributed by atoms with Gasteiger partial charge < -0.3 is 11.1 Å². The van der Waals surface area contributed by atoms with Crippen molar-refractivity contribution in [3.63, 3.8) is 0 Å². The van der Waals surface area contributed by atoms with E-state index in [0.29, 0.717) is 17.3 Å². The van der Waals surface area contributed by atoms with Crippen LogP contribution in [-0.4, -0.2) is 35.3 Å². The van der Waals surface area contributed by atoms with E-state index >= 15 is 0 Å². The third-order valence-electron chi connectivity index (χ3n) is 4.23. The fourth-order valence-corrected chi connectivity index (χ4v) is 3.07. The topological polar surface area (TPSA) is 70.7 Å². The summed E-state index contributed by atoms with van der Waals surface area (Å²) in [5, 5.41) is 9.13. The van der Waals surface area contributed by atoms with Crippen LogP contribution in [-0.2, 0) is 11.0 Å². The maximum absolute atomic E-state index is 12.6. The number of rotatable bonds is 4. The number of nitrogens with one attached hydrogen (secondary N) is 1. The highest BCUT2D eigenvalue weighted by Gasteiger charge is 2.36. The Morgan fingerprint density at radius 3 is 2.39 bits per heavy atom. The van der Waals surface area contributed by atoms with Gasteiger partial charge in [0.25, 0.3) is 0 Å². The van der Waals surface area contributed by atoms with E-state index in [4.69, 9.17) is 17.3 Å². The van der Waals surface area contributed by atoms with Crippen molar-refractivity contribution in [2.24, 2.45) is 10.8 Å². The predicted molar refractivity (Wildman–Crippen MR) is 102 cm³/mol. The SMILES string of the molecule is CC1(N)CN(CC(=O)Nc2ccc(C(F)(F)F)cc2)N=C1c1ccc(Cl)cc1. The number of amides is 1. The third kappa shape index (κ3) is 4.63. The zero-order chi connectivity index (χ0) is 20.5. The van der Waals surface area contributed by atoms with Gasteiger partial charge in [-0.1, -0.05) is 23.7 Å². The normalized spacial score (nSPS) is 19.5. The Labute approximate surface area is 165 Å². The van der Waals surface area contributed by atoms with Crippen LogP contribution in [0.2, 0.25) is 5.02 Å². The summed E-state index contributed by atoms with van der Waals surface area (Å²) in [6.45, 7) is 2.06. The highest BCUT2D eigenvalue weighted by Crippen LogP contribution is 2.30. The van der Waals surface area contributed by atoms with Gasteiger partial charge in [0.15, 0.2) is 0 Å². The van der Waals surface area contributed by atoms with E-state index in [-0.39, 0.29) is 12.2 Å². The number of hydrogen-bond donors (Lipinski definition) is 2. The van der Waals surface area contributed by atoms with Crippen LogP contribution in [0.1, 0.15) is 18.1 Å². The Morgan fingerprint density at radius 2 is 1.82 bits per heavy atom. The summed E-state index contributed by atoms with van der Waals surface area (Å²) in [7, 11) is 0. The van der Waals surface area contributed by atoms with E-state index in [2.05, 4.69) is 10.4 Å². The van der Waals surface area contributed by atoms with Crippen LogP contribution >= 0.6 is 11.6 Å². The summed E-state index contributed by atoms with van der Waals surface area (Å²) in [5.74, 6) is -0.406. The summed E-state index contributed by atoms with van der Waals surface area (Å²) in [5.41, 5.74) is 6.50. The number of benzene rings is 2. The largest absolute Gasteiger partial charge is 0.416 e. The number of alkyl halides is 3.